The van der Waals surface area contributed by atoms with Gasteiger partial charge in [-0.3, -0.25) is 4.79 Å². The summed E-state index contributed by atoms with van der Waals surface area (Å²) >= 11 is 0. The predicted molar refractivity (Wildman–Crippen MR) is 73.3 cm³/mol. The SMILES string of the molecule is CCCC1(C(=O)O)CCCN1c1nc[nH]c(=O)c1OC. The highest BCUT2D eigenvalue weighted by Gasteiger charge is 2.48. The van der Waals surface area contributed by atoms with Gasteiger partial charge in [0, 0.05) is 6.54 Å². The minimum absolute atomic E-state index is 0.0659. The van der Waals surface area contributed by atoms with E-state index in [0.29, 0.717) is 25.2 Å². The van der Waals surface area contributed by atoms with Crippen LogP contribution >= 0.6 is 0 Å². The quantitative estimate of drug-likeness (QED) is 0.836. The molecule has 20 heavy (non-hydrogen) atoms. The summed E-state index contributed by atoms with van der Waals surface area (Å²) in [6.45, 7) is 2.50. The molecule has 0 saturated carbocycles. The first kappa shape index (κ1) is 14.4. The van der Waals surface area contributed by atoms with Gasteiger partial charge in [0.15, 0.2) is 5.82 Å². The number of carbonyl (C=O) groups is 1. The maximum atomic E-state index is 11.8. The monoisotopic (exact) mass is 281 g/mol. The largest absolute Gasteiger partial charge is 0.489 e. The summed E-state index contributed by atoms with van der Waals surface area (Å²) in [5, 5.41) is 9.66. The smallest absolute Gasteiger partial charge is 0.329 e. The van der Waals surface area contributed by atoms with Gasteiger partial charge in [0.25, 0.3) is 5.56 Å². The van der Waals surface area contributed by atoms with Crippen LogP contribution in [0.5, 0.6) is 5.75 Å². The standard InChI is InChI=1S/C13H19N3O4/c1-3-5-13(12(18)19)6-4-7-16(13)10-9(20-2)11(17)15-8-14-10/h8H,3-7H2,1-2H3,(H,18,19)(H,14,15,17). The molecule has 7 nitrogen and oxygen atoms in total. The summed E-state index contributed by atoms with van der Waals surface area (Å²) in [6.07, 6.45) is 3.84. The number of nitrogens with one attached hydrogen (secondary N) is 1. The molecule has 1 atom stereocenters. The molecular formula is C13H19N3O4. The maximum absolute atomic E-state index is 11.8. The number of carboxylic acids is 1. The summed E-state index contributed by atoms with van der Waals surface area (Å²) in [4.78, 5) is 31.8. The van der Waals surface area contributed by atoms with E-state index in [-0.39, 0.29) is 5.75 Å². The molecule has 110 valence electrons. The van der Waals surface area contributed by atoms with Crippen molar-refractivity contribution in [2.24, 2.45) is 0 Å². The third kappa shape index (κ3) is 2.13. The van der Waals surface area contributed by atoms with E-state index in [0.717, 1.165) is 12.8 Å². The first-order valence-electron chi connectivity index (χ1n) is 6.69. The topological polar surface area (TPSA) is 95.5 Å². The van der Waals surface area contributed by atoms with Gasteiger partial charge in [-0.05, 0) is 19.3 Å². The second-order valence-corrected chi connectivity index (χ2v) is 4.93. The Morgan fingerprint density at radius 2 is 2.40 bits per heavy atom. The highest BCUT2D eigenvalue weighted by molar-refractivity contribution is 5.84. The van der Waals surface area contributed by atoms with Gasteiger partial charge in [-0.2, -0.15) is 0 Å². The zero-order chi connectivity index (χ0) is 14.8. The Morgan fingerprint density at radius 1 is 1.65 bits per heavy atom. The number of carboxylic acid groups (broad SMARTS) is 1. The van der Waals surface area contributed by atoms with E-state index in [1.807, 2.05) is 6.92 Å². The fourth-order valence-corrected chi connectivity index (χ4v) is 2.94. The fourth-order valence-electron chi connectivity index (χ4n) is 2.94. The molecule has 7 heteroatoms. The highest BCUT2D eigenvalue weighted by atomic mass is 16.5. The molecule has 1 unspecified atom stereocenters. The molecular weight excluding hydrogens is 262 g/mol. The minimum atomic E-state index is -0.997. The molecule has 1 aromatic heterocycles. The molecule has 1 aromatic rings. The van der Waals surface area contributed by atoms with E-state index >= 15 is 0 Å². The maximum Gasteiger partial charge on any atom is 0.329 e. The molecule has 0 spiro atoms. The molecule has 2 rings (SSSR count). The first-order chi connectivity index (χ1) is 9.56. The number of hydrogen-bond acceptors (Lipinski definition) is 5. The molecule has 0 bridgehead atoms. The van der Waals surface area contributed by atoms with Crippen LogP contribution in [0.25, 0.3) is 0 Å². The van der Waals surface area contributed by atoms with E-state index in [4.69, 9.17) is 4.74 Å². The lowest BCUT2D eigenvalue weighted by Crippen LogP contribution is -2.51. The van der Waals surface area contributed by atoms with Gasteiger partial charge in [-0.15, -0.1) is 0 Å². The summed E-state index contributed by atoms with van der Waals surface area (Å²) in [5.74, 6) is -0.498. The lowest BCUT2D eigenvalue weighted by molar-refractivity contribution is -0.143. The number of hydrogen-bond donors (Lipinski definition) is 2. The Kier molecular flexibility index (Phi) is 3.96. The zero-order valence-electron chi connectivity index (χ0n) is 11.7. The van der Waals surface area contributed by atoms with Gasteiger partial charge in [0.1, 0.15) is 5.54 Å². The molecule has 2 heterocycles. The third-order valence-electron chi connectivity index (χ3n) is 3.80. The lowest BCUT2D eigenvalue weighted by Gasteiger charge is -2.35. The van der Waals surface area contributed by atoms with Crippen molar-refractivity contribution in [2.45, 2.75) is 38.1 Å². The molecule has 0 radical (unpaired) electrons. The van der Waals surface area contributed by atoms with E-state index in [9.17, 15) is 14.7 Å². The average molecular weight is 281 g/mol. The van der Waals surface area contributed by atoms with Crippen LogP contribution in [0.1, 0.15) is 32.6 Å². The molecule has 1 aliphatic heterocycles. The van der Waals surface area contributed by atoms with Crippen LogP contribution in [0.4, 0.5) is 5.82 Å². The van der Waals surface area contributed by atoms with Crippen molar-refractivity contribution in [3.8, 4) is 5.75 Å². The number of H-pyrrole nitrogens is 1. The van der Waals surface area contributed by atoms with Crippen LogP contribution in [-0.2, 0) is 4.79 Å². The number of aliphatic carboxylic acids is 1. The zero-order valence-corrected chi connectivity index (χ0v) is 11.7. The fraction of sp³-hybridized carbons (Fsp3) is 0.615. The number of rotatable bonds is 5. The van der Waals surface area contributed by atoms with Crippen LogP contribution in [0.15, 0.2) is 11.1 Å². The van der Waals surface area contributed by atoms with E-state index in [1.54, 1.807) is 4.90 Å². The summed E-state index contributed by atoms with van der Waals surface area (Å²) in [5.41, 5.74) is -1.40. The van der Waals surface area contributed by atoms with Crippen molar-refractivity contribution in [3.05, 3.63) is 16.7 Å². The molecule has 1 aliphatic rings. The van der Waals surface area contributed by atoms with Crippen LogP contribution < -0.4 is 15.2 Å². The van der Waals surface area contributed by atoms with Crippen molar-refractivity contribution >= 4 is 11.8 Å². The summed E-state index contributed by atoms with van der Waals surface area (Å²) < 4.78 is 5.10. The molecule has 0 amide bonds. The molecule has 1 saturated heterocycles. The van der Waals surface area contributed by atoms with E-state index in [1.165, 1.54) is 13.4 Å². The number of anilines is 1. The average Bonchev–Trinajstić information content (AvgIpc) is 2.83. The molecule has 2 N–H and O–H groups in total. The van der Waals surface area contributed by atoms with E-state index in [2.05, 4.69) is 9.97 Å². The van der Waals surface area contributed by atoms with Gasteiger partial charge in [-0.25, -0.2) is 9.78 Å². The third-order valence-corrected chi connectivity index (χ3v) is 3.80. The number of aromatic amines is 1. The van der Waals surface area contributed by atoms with Gasteiger partial charge in [0.05, 0.1) is 13.4 Å². The van der Waals surface area contributed by atoms with Gasteiger partial charge < -0.3 is 19.7 Å². The number of nitrogens with zero attached hydrogens (tertiary/aromatic N) is 2. The predicted octanol–water partition coefficient (Wildman–Crippen LogP) is 1.00. The Hall–Kier alpha value is -2.05. The van der Waals surface area contributed by atoms with Crippen molar-refractivity contribution in [1.82, 2.24) is 9.97 Å². The minimum Gasteiger partial charge on any atom is -0.489 e. The molecule has 1 fully saturated rings. The Labute approximate surface area is 116 Å². The number of aromatic nitrogens is 2. The van der Waals surface area contributed by atoms with E-state index < -0.39 is 17.1 Å². The van der Waals surface area contributed by atoms with Gasteiger partial charge in [0.2, 0.25) is 5.75 Å². The first-order valence-corrected chi connectivity index (χ1v) is 6.69. The highest BCUT2D eigenvalue weighted by Crippen LogP contribution is 2.39. The van der Waals surface area contributed by atoms with Crippen molar-refractivity contribution in [1.29, 1.82) is 0 Å². The Balaban J connectivity index is 2.53. The normalized spacial score (nSPS) is 22.0. The van der Waals surface area contributed by atoms with Gasteiger partial charge >= 0.3 is 5.97 Å². The Morgan fingerprint density at radius 3 is 3.00 bits per heavy atom. The second-order valence-electron chi connectivity index (χ2n) is 4.93. The van der Waals surface area contributed by atoms with Crippen LogP contribution in [0.3, 0.4) is 0 Å². The molecule has 0 aromatic carbocycles. The number of methoxy groups -OCH3 is 1. The van der Waals surface area contributed by atoms with Crippen molar-refractivity contribution in [2.75, 3.05) is 18.6 Å². The van der Waals surface area contributed by atoms with Crippen LogP contribution in [0.2, 0.25) is 0 Å². The summed E-state index contributed by atoms with van der Waals surface area (Å²) in [7, 11) is 1.38. The number of ether oxygens (including phenoxy) is 1. The van der Waals surface area contributed by atoms with Crippen molar-refractivity contribution < 1.29 is 14.6 Å². The van der Waals surface area contributed by atoms with Crippen molar-refractivity contribution in [3.63, 3.8) is 0 Å². The molecule has 0 aliphatic carbocycles. The van der Waals surface area contributed by atoms with Gasteiger partial charge in [-0.1, -0.05) is 13.3 Å². The summed E-state index contributed by atoms with van der Waals surface area (Å²) in [6, 6.07) is 0. The Bertz CT molecular complexity index is 557. The lowest BCUT2D eigenvalue weighted by atomic mass is 9.90. The van der Waals surface area contributed by atoms with Crippen LogP contribution in [0, 0.1) is 0 Å². The van der Waals surface area contributed by atoms with Crippen LogP contribution in [-0.4, -0.2) is 40.2 Å². The second kappa shape index (κ2) is 5.52.